The number of nitrogens with one attached hydrogen (secondary N) is 1. The fourth-order valence-electron chi connectivity index (χ4n) is 3.37. The Labute approximate surface area is 157 Å². The van der Waals surface area contributed by atoms with Gasteiger partial charge in [0, 0.05) is 38.8 Å². The molecule has 1 saturated carbocycles. The van der Waals surface area contributed by atoms with Crippen LogP contribution in [0.4, 0.5) is 0 Å². The monoisotopic (exact) mass is 359 g/mol. The van der Waals surface area contributed by atoms with Gasteiger partial charge in [0.2, 0.25) is 5.91 Å². The summed E-state index contributed by atoms with van der Waals surface area (Å²) in [5, 5.41) is 3.12. The standard InChI is InChI=1S/C21H33N3O2/c1-16-5-8-20(15-17(16)2)26-14-4-9-23-10-12-24(13-11-23)18(3)21(25)22-19-6-7-19/h5,8,15,18-19H,4,6-7,9-14H2,1-3H3,(H,22,25)/t18-/m1/s1. The maximum Gasteiger partial charge on any atom is 0.237 e. The molecule has 5 nitrogen and oxygen atoms in total. The fraction of sp³-hybridized carbons (Fsp3) is 0.667. The van der Waals surface area contributed by atoms with Crippen molar-refractivity contribution in [1.82, 2.24) is 15.1 Å². The Balaban J connectivity index is 1.31. The van der Waals surface area contributed by atoms with Crippen LogP contribution < -0.4 is 10.1 Å². The van der Waals surface area contributed by atoms with Gasteiger partial charge in [-0.2, -0.15) is 0 Å². The summed E-state index contributed by atoms with van der Waals surface area (Å²) in [4.78, 5) is 17.0. The smallest absolute Gasteiger partial charge is 0.237 e. The predicted molar refractivity (Wildman–Crippen MR) is 105 cm³/mol. The molecule has 1 N–H and O–H groups in total. The number of ether oxygens (including phenoxy) is 1. The number of piperazine rings is 1. The van der Waals surface area contributed by atoms with E-state index < -0.39 is 0 Å². The van der Waals surface area contributed by atoms with E-state index in [-0.39, 0.29) is 11.9 Å². The minimum Gasteiger partial charge on any atom is -0.494 e. The lowest BCUT2D eigenvalue weighted by Gasteiger charge is -2.37. The van der Waals surface area contributed by atoms with Crippen LogP contribution >= 0.6 is 0 Å². The number of carbonyl (C=O) groups excluding carboxylic acids is 1. The van der Waals surface area contributed by atoms with Gasteiger partial charge in [-0.1, -0.05) is 6.07 Å². The summed E-state index contributed by atoms with van der Waals surface area (Å²) in [7, 11) is 0. The average molecular weight is 360 g/mol. The minimum absolute atomic E-state index is 0.00846. The van der Waals surface area contributed by atoms with Gasteiger partial charge in [-0.25, -0.2) is 0 Å². The molecule has 1 aliphatic carbocycles. The van der Waals surface area contributed by atoms with Gasteiger partial charge in [-0.15, -0.1) is 0 Å². The zero-order chi connectivity index (χ0) is 18.5. The van der Waals surface area contributed by atoms with Crippen molar-refractivity contribution in [2.75, 3.05) is 39.3 Å². The molecule has 0 bridgehead atoms. The van der Waals surface area contributed by atoms with Gasteiger partial charge in [-0.3, -0.25) is 9.69 Å². The lowest BCUT2D eigenvalue weighted by Crippen LogP contribution is -2.54. The van der Waals surface area contributed by atoms with Crippen molar-refractivity contribution in [1.29, 1.82) is 0 Å². The van der Waals surface area contributed by atoms with Crippen molar-refractivity contribution < 1.29 is 9.53 Å². The first-order chi connectivity index (χ1) is 12.5. The first-order valence-corrected chi connectivity index (χ1v) is 10.00. The van der Waals surface area contributed by atoms with E-state index in [2.05, 4.69) is 47.2 Å². The number of benzene rings is 1. The van der Waals surface area contributed by atoms with E-state index in [0.29, 0.717) is 6.04 Å². The molecule has 1 saturated heterocycles. The lowest BCUT2D eigenvalue weighted by atomic mass is 10.1. The van der Waals surface area contributed by atoms with Crippen LogP contribution in [0, 0.1) is 13.8 Å². The van der Waals surface area contributed by atoms with Crippen molar-refractivity contribution in [2.45, 2.75) is 52.1 Å². The number of hydrogen-bond acceptors (Lipinski definition) is 4. The average Bonchev–Trinajstić information content (AvgIpc) is 3.45. The summed E-state index contributed by atoms with van der Waals surface area (Å²) in [6.45, 7) is 12.1. The van der Waals surface area contributed by atoms with E-state index in [1.54, 1.807) is 0 Å². The van der Waals surface area contributed by atoms with E-state index in [1.807, 2.05) is 6.92 Å². The van der Waals surface area contributed by atoms with E-state index in [1.165, 1.54) is 11.1 Å². The van der Waals surface area contributed by atoms with E-state index in [0.717, 1.165) is 64.3 Å². The molecule has 1 aromatic carbocycles. The highest BCUT2D eigenvalue weighted by atomic mass is 16.5. The minimum atomic E-state index is -0.00846. The molecule has 0 spiro atoms. The third kappa shape index (κ3) is 5.45. The summed E-state index contributed by atoms with van der Waals surface area (Å²) in [6, 6.07) is 6.72. The van der Waals surface area contributed by atoms with Gasteiger partial charge < -0.3 is 15.0 Å². The molecular weight excluding hydrogens is 326 g/mol. The van der Waals surface area contributed by atoms with Crippen LogP contribution in [0.15, 0.2) is 18.2 Å². The first kappa shape index (κ1) is 19.2. The van der Waals surface area contributed by atoms with Crippen LogP contribution in [-0.2, 0) is 4.79 Å². The SMILES string of the molecule is Cc1ccc(OCCCN2CCN([C@H](C)C(=O)NC3CC3)CC2)cc1C. The van der Waals surface area contributed by atoms with Crippen molar-refractivity contribution in [3.63, 3.8) is 0 Å². The molecule has 26 heavy (non-hydrogen) atoms. The molecule has 144 valence electrons. The summed E-state index contributed by atoms with van der Waals surface area (Å²) in [5.41, 5.74) is 2.58. The number of rotatable bonds is 8. The zero-order valence-corrected chi connectivity index (χ0v) is 16.5. The molecule has 3 rings (SSSR count). The summed E-state index contributed by atoms with van der Waals surface area (Å²) < 4.78 is 5.88. The van der Waals surface area contributed by atoms with Gasteiger partial charge in [0.1, 0.15) is 5.75 Å². The third-order valence-electron chi connectivity index (χ3n) is 5.62. The molecule has 1 amide bonds. The highest BCUT2D eigenvalue weighted by Crippen LogP contribution is 2.19. The quantitative estimate of drug-likeness (QED) is 0.724. The molecule has 5 heteroatoms. The Morgan fingerprint density at radius 3 is 2.58 bits per heavy atom. The van der Waals surface area contributed by atoms with Crippen LogP contribution in [0.25, 0.3) is 0 Å². The molecule has 1 heterocycles. The van der Waals surface area contributed by atoms with Gasteiger partial charge >= 0.3 is 0 Å². The van der Waals surface area contributed by atoms with E-state index >= 15 is 0 Å². The highest BCUT2D eigenvalue weighted by molar-refractivity contribution is 5.81. The summed E-state index contributed by atoms with van der Waals surface area (Å²) in [5.74, 6) is 1.16. The van der Waals surface area contributed by atoms with Crippen LogP contribution in [0.1, 0.15) is 37.3 Å². The van der Waals surface area contributed by atoms with Crippen molar-refractivity contribution >= 4 is 5.91 Å². The predicted octanol–water partition coefficient (Wildman–Crippen LogP) is 2.36. The fourth-order valence-corrected chi connectivity index (χ4v) is 3.37. The molecule has 1 atom stereocenters. The second-order valence-electron chi connectivity index (χ2n) is 7.78. The molecule has 0 aromatic heterocycles. The van der Waals surface area contributed by atoms with Crippen molar-refractivity contribution in [3.8, 4) is 5.75 Å². The van der Waals surface area contributed by atoms with Crippen LogP contribution in [0.5, 0.6) is 5.75 Å². The Morgan fingerprint density at radius 1 is 1.19 bits per heavy atom. The normalized spacial score (nSPS) is 20.0. The maximum absolute atomic E-state index is 12.2. The topological polar surface area (TPSA) is 44.8 Å². The number of nitrogens with zero attached hydrogens (tertiary/aromatic N) is 2. The number of carbonyl (C=O) groups is 1. The zero-order valence-electron chi connectivity index (χ0n) is 16.5. The van der Waals surface area contributed by atoms with Gasteiger partial charge in [0.05, 0.1) is 12.6 Å². The second-order valence-corrected chi connectivity index (χ2v) is 7.78. The molecule has 0 radical (unpaired) electrons. The van der Waals surface area contributed by atoms with Crippen molar-refractivity contribution in [3.05, 3.63) is 29.3 Å². The summed E-state index contributed by atoms with van der Waals surface area (Å²) >= 11 is 0. The highest BCUT2D eigenvalue weighted by Gasteiger charge is 2.29. The van der Waals surface area contributed by atoms with Crippen LogP contribution in [-0.4, -0.2) is 67.1 Å². The first-order valence-electron chi connectivity index (χ1n) is 10.00. The van der Waals surface area contributed by atoms with Gasteiger partial charge in [-0.05, 0) is 63.3 Å². The Hall–Kier alpha value is -1.59. The van der Waals surface area contributed by atoms with E-state index in [4.69, 9.17) is 4.74 Å². The third-order valence-corrected chi connectivity index (χ3v) is 5.62. The molecule has 1 aromatic rings. The van der Waals surface area contributed by atoms with Crippen molar-refractivity contribution in [2.24, 2.45) is 0 Å². The summed E-state index contributed by atoms with van der Waals surface area (Å²) in [6.07, 6.45) is 3.33. The Bertz CT molecular complexity index is 607. The molecular formula is C21H33N3O2. The molecule has 0 unspecified atom stereocenters. The molecule has 2 aliphatic rings. The largest absolute Gasteiger partial charge is 0.494 e. The number of amides is 1. The van der Waals surface area contributed by atoms with Crippen LogP contribution in [0.3, 0.4) is 0 Å². The molecule has 2 fully saturated rings. The lowest BCUT2D eigenvalue weighted by molar-refractivity contribution is -0.126. The second kappa shape index (κ2) is 8.87. The maximum atomic E-state index is 12.2. The van der Waals surface area contributed by atoms with E-state index in [9.17, 15) is 4.79 Å². The Kier molecular flexibility index (Phi) is 6.54. The molecule has 1 aliphatic heterocycles. The van der Waals surface area contributed by atoms with Gasteiger partial charge in [0.25, 0.3) is 0 Å². The Morgan fingerprint density at radius 2 is 1.92 bits per heavy atom. The van der Waals surface area contributed by atoms with Crippen LogP contribution in [0.2, 0.25) is 0 Å². The number of hydrogen-bond donors (Lipinski definition) is 1. The number of aryl methyl sites for hydroxylation is 2. The van der Waals surface area contributed by atoms with Gasteiger partial charge in [0.15, 0.2) is 0 Å².